The standard InChI is InChI=1S/C26H48N4O6/c1-23(2)36-26(33)9-14-30-19-17-29(18-20-30)13-8-25(32)35-22-6-4-3-5-21-34-24(31)7-12-28-15-10-27-11-16-28/h23,27H,3-22H2,1-2H3. The van der Waals surface area contributed by atoms with E-state index in [0.29, 0.717) is 39.0 Å². The Hall–Kier alpha value is -1.75. The summed E-state index contributed by atoms with van der Waals surface area (Å²) < 4.78 is 15.9. The Morgan fingerprint density at radius 1 is 0.639 bits per heavy atom. The van der Waals surface area contributed by atoms with Gasteiger partial charge in [0.25, 0.3) is 0 Å². The van der Waals surface area contributed by atoms with Gasteiger partial charge < -0.3 is 34.2 Å². The Morgan fingerprint density at radius 3 is 1.50 bits per heavy atom. The van der Waals surface area contributed by atoms with E-state index in [1.165, 1.54) is 0 Å². The summed E-state index contributed by atoms with van der Waals surface area (Å²) in [5.41, 5.74) is 0. The molecule has 2 aliphatic heterocycles. The van der Waals surface area contributed by atoms with Crippen LogP contribution in [0.1, 0.15) is 58.8 Å². The molecule has 2 fully saturated rings. The summed E-state index contributed by atoms with van der Waals surface area (Å²) in [6.07, 6.45) is 4.82. The zero-order valence-electron chi connectivity index (χ0n) is 22.5. The molecule has 0 bridgehead atoms. The van der Waals surface area contributed by atoms with Gasteiger partial charge in [0, 0.05) is 72.0 Å². The molecule has 2 saturated heterocycles. The highest BCUT2D eigenvalue weighted by molar-refractivity contribution is 5.70. The third-order valence-electron chi connectivity index (χ3n) is 6.50. The first kappa shape index (κ1) is 30.5. The van der Waals surface area contributed by atoms with Crippen molar-refractivity contribution in [1.82, 2.24) is 20.0 Å². The molecule has 0 aliphatic carbocycles. The fraction of sp³-hybridized carbons (Fsp3) is 0.885. The number of unbranched alkanes of at least 4 members (excludes halogenated alkanes) is 3. The summed E-state index contributed by atoms with van der Waals surface area (Å²) >= 11 is 0. The van der Waals surface area contributed by atoms with Gasteiger partial charge in [-0.3, -0.25) is 14.4 Å². The van der Waals surface area contributed by atoms with Crippen molar-refractivity contribution in [3.8, 4) is 0 Å². The van der Waals surface area contributed by atoms with E-state index in [2.05, 4.69) is 20.0 Å². The van der Waals surface area contributed by atoms with E-state index < -0.39 is 0 Å². The first-order valence-corrected chi connectivity index (χ1v) is 13.8. The predicted octanol–water partition coefficient (Wildman–Crippen LogP) is 1.28. The summed E-state index contributed by atoms with van der Waals surface area (Å²) in [7, 11) is 0. The second-order valence-electron chi connectivity index (χ2n) is 9.92. The van der Waals surface area contributed by atoms with Gasteiger partial charge in [0.2, 0.25) is 0 Å². The average Bonchev–Trinajstić information content (AvgIpc) is 2.87. The van der Waals surface area contributed by atoms with Crippen LogP contribution >= 0.6 is 0 Å². The maximum atomic E-state index is 12.0. The average molecular weight is 513 g/mol. The Morgan fingerprint density at radius 2 is 1.06 bits per heavy atom. The number of hydrogen-bond acceptors (Lipinski definition) is 10. The zero-order chi connectivity index (χ0) is 26.0. The molecule has 0 unspecified atom stereocenters. The molecule has 0 aromatic carbocycles. The van der Waals surface area contributed by atoms with E-state index in [0.717, 1.165) is 91.1 Å². The predicted molar refractivity (Wildman–Crippen MR) is 138 cm³/mol. The van der Waals surface area contributed by atoms with Crippen LogP contribution in [-0.2, 0) is 28.6 Å². The van der Waals surface area contributed by atoms with Crippen LogP contribution in [0.25, 0.3) is 0 Å². The molecule has 2 rings (SSSR count). The molecule has 0 aromatic rings. The van der Waals surface area contributed by atoms with E-state index in [4.69, 9.17) is 14.2 Å². The zero-order valence-corrected chi connectivity index (χ0v) is 22.5. The molecule has 208 valence electrons. The minimum Gasteiger partial charge on any atom is -0.466 e. The number of nitrogens with zero attached hydrogens (tertiary/aromatic N) is 3. The monoisotopic (exact) mass is 512 g/mol. The normalized spacial score (nSPS) is 17.8. The lowest BCUT2D eigenvalue weighted by Gasteiger charge is -2.34. The Labute approximate surface area is 217 Å². The Kier molecular flexibility index (Phi) is 15.6. The second-order valence-corrected chi connectivity index (χ2v) is 9.92. The van der Waals surface area contributed by atoms with Crippen molar-refractivity contribution in [1.29, 1.82) is 0 Å². The van der Waals surface area contributed by atoms with Gasteiger partial charge in [0.15, 0.2) is 0 Å². The molecule has 36 heavy (non-hydrogen) atoms. The number of carbonyl (C=O) groups excluding carboxylic acids is 3. The minimum absolute atomic E-state index is 0.0665. The van der Waals surface area contributed by atoms with Crippen molar-refractivity contribution < 1.29 is 28.6 Å². The highest BCUT2D eigenvalue weighted by Gasteiger charge is 2.19. The number of carbonyl (C=O) groups is 3. The van der Waals surface area contributed by atoms with Crippen LogP contribution in [0.4, 0.5) is 0 Å². The highest BCUT2D eigenvalue weighted by Crippen LogP contribution is 2.06. The van der Waals surface area contributed by atoms with Gasteiger partial charge in [-0.25, -0.2) is 0 Å². The van der Waals surface area contributed by atoms with Crippen molar-refractivity contribution in [3.05, 3.63) is 0 Å². The van der Waals surface area contributed by atoms with E-state index in [-0.39, 0.29) is 24.0 Å². The first-order chi connectivity index (χ1) is 17.4. The number of piperazine rings is 2. The maximum absolute atomic E-state index is 12.0. The molecular formula is C26H48N4O6. The molecule has 0 saturated carbocycles. The van der Waals surface area contributed by atoms with Crippen LogP contribution in [0.5, 0.6) is 0 Å². The third-order valence-corrected chi connectivity index (χ3v) is 6.50. The lowest BCUT2D eigenvalue weighted by Crippen LogP contribution is -2.47. The number of ether oxygens (including phenoxy) is 3. The molecule has 1 N–H and O–H groups in total. The SMILES string of the molecule is CC(C)OC(=O)CCN1CCN(CCC(=O)OCCCCCCOC(=O)CCN2CCNCC2)CC1. The van der Waals surface area contributed by atoms with Gasteiger partial charge in [-0.2, -0.15) is 0 Å². The lowest BCUT2D eigenvalue weighted by molar-refractivity contribution is -0.148. The summed E-state index contributed by atoms with van der Waals surface area (Å²) in [5, 5.41) is 3.30. The fourth-order valence-electron chi connectivity index (χ4n) is 4.32. The maximum Gasteiger partial charge on any atom is 0.307 e. The minimum atomic E-state index is -0.146. The molecule has 0 atom stereocenters. The van der Waals surface area contributed by atoms with Crippen molar-refractivity contribution in [2.45, 2.75) is 64.9 Å². The third kappa shape index (κ3) is 14.7. The quantitative estimate of drug-likeness (QED) is 0.174. The van der Waals surface area contributed by atoms with Crippen LogP contribution in [-0.4, -0.2) is 124 Å². The number of esters is 3. The van der Waals surface area contributed by atoms with Crippen LogP contribution in [0, 0.1) is 0 Å². The molecule has 0 radical (unpaired) electrons. The molecule has 0 spiro atoms. The number of rotatable bonds is 17. The van der Waals surface area contributed by atoms with Crippen LogP contribution in [0.3, 0.4) is 0 Å². The van der Waals surface area contributed by atoms with E-state index in [1.54, 1.807) is 0 Å². The molecular weight excluding hydrogens is 464 g/mol. The van der Waals surface area contributed by atoms with E-state index in [1.807, 2.05) is 13.8 Å². The lowest BCUT2D eigenvalue weighted by atomic mass is 10.2. The topological polar surface area (TPSA) is 101 Å². The summed E-state index contributed by atoms with van der Waals surface area (Å²) in [5.74, 6) is -0.405. The fourth-order valence-corrected chi connectivity index (χ4v) is 4.32. The highest BCUT2D eigenvalue weighted by atomic mass is 16.5. The summed E-state index contributed by atoms with van der Waals surface area (Å²) in [4.78, 5) is 42.4. The van der Waals surface area contributed by atoms with Gasteiger partial charge in [0.1, 0.15) is 0 Å². The van der Waals surface area contributed by atoms with E-state index in [9.17, 15) is 14.4 Å². The molecule has 10 nitrogen and oxygen atoms in total. The van der Waals surface area contributed by atoms with Crippen LogP contribution in [0.15, 0.2) is 0 Å². The van der Waals surface area contributed by atoms with Gasteiger partial charge in [-0.1, -0.05) is 0 Å². The van der Waals surface area contributed by atoms with Crippen molar-refractivity contribution in [2.75, 3.05) is 85.2 Å². The molecule has 0 aromatic heterocycles. The van der Waals surface area contributed by atoms with Crippen molar-refractivity contribution in [2.24, 2.45) is 0 Å². The molecule has 2 aliphatic rings. The van der Waals surface area contributed by atoms with Crippen LogP contribution in [0.2, 0.25) is 0 Å². The summed E-state index contributed by atoms with van der Waals surface area (Å²) in [6.45, 7) is 14.4. The largest absolute Gasteiger partial charge is 0.466 e. The molecule has 0 amide bonds. The first-order valence-electron chi connectivity index (χ1n) is 13.8. The van der Waals surface area contributed by atoms with Crippen molar-refractivity contribution in [3.63, 3.8) is 0 Å². The summed E-state index contributed by atoms with van der Waals surface area (Å²) in [6, 6.07) is 0. The van der Waals surface area contributed by atoms with Gasteiger partial charge >= 0.3 is 17.9 Å². The Balaban J connectivity index is 1.36. The van der Waals surface area contributed by atoms with E-state index >= 15 is 0 Å². The number of hydrogen-bond donors (Lipinski definition) is 1. The van der Waals surface area contributed by atoms with Gasteiger partial charge in [-0.05, 0) is 39.5 Å². The van der Waals surface area contributed by atoms with Gasteiger partial charge in [0.05, 0.1) is 38.6 Å². The smallest absolute Gasteiger partial charge is 0.307 e. The van der Waals surface area contributed by atoms with Crippen molar-refractivity contribution >= 4 is 17.9 Å². The Bertz CT molecular complexity index is 634. The molecule has 10 heteroatoms. The number of nitrogens with one attached hydrogen (secondary N) is 1. The van der Waals surface area contributed by atoms with Crippen LogP contribution < -0.4 is 5.32 Å². The second kappa shape index (κ2) is 18.5. The molecule has 2 heterocycles. The van der Waals surface area contributed by atoms with Gasteiger partial charge in [-0.15, -0.1) is 0 Å².